The van der Waals surface area contributed by atoms with E-state index in [1.54, 1.807) is 7.11 Å². The Morgan fingerprint density at radius 2 is 1.94 bits per heavy atom. The van der Waals surface area contributed by atoms with E-state index >= 15 is 0 Å². The number of benzene rings is 1. The van der Waals surface area contributed by atoms with Gasteiger partial charge in [0.05, 0.1) is 7.11 Å². The van der Waals surface area contributed by atoms with Crippen LogP contribution in [0.3, 0.4) is 0 Å². The minimum atomic E-state index is 0.332. The van der Waals surface area contributed by atoms with Crippen LogP contribution in [0.2, 0.25) is 5.15 Å². The molecule has 0 spiro atoms. The third-order valence-corrected chi connectivity index (χ3v) is 3.87. The zero-order valence-electron chi connectivity index (χ0n) is 10.4. The maximum absolute atomic E-state index is 5.96. The van der Waals surface area contributed by atoms with Gasteiger partial charge in [0.15, 0.2) is 10.9 Å². The van der Waals surface area contributed by atoms with Gasteiger partial charge in [-0.25, -0.2) is 9.97 Å². The standard InChI is InChI=1S/C13H13ClN2OS/c1-8-4-5-10(6-9(8)2)18-13-11(17-3)12(14)15-7-16-13/h4-7H,1-3H3. The summed E-state index contributed by atoms with van der Waals surface area (Å²) >= 11 is 7.48. The fourth-order valence-electron chi connectivity index (χ4n) is 1.47. The molecule has 0 unspecified atom stereocenters. The molecule has 5 heteroatoms. The first-order valence-electron chi connectivity index (χ1n) is 5.41. The number of aryl methyl sites for hydroxylation is 2. The van der Waals surface area contributed by atoms with Crippen molar-refractivity contribution in [2.24, 2.45) is 0 Å². The van der Waals surface area contributed by atoms with Crippen LogP contribution in [0.1, 0.15) is 11.1 Å². The van der Waals surface area contributed by atoms with Crippen molar-refractivity contribution < 1.29 is 4.74 Å². The van der Waals surface area contributed by atoms with E-state index in [-0.39, 0.29) is 0 Å². The van der Waals surface area contributed by atoms with Crippen molar-refractivity contribution in [3.05, 3.63) is 40.8 Å². The molecule has 3 nitrogen and oxygen atoms in total. The number of halogens is 1. The highest BCUT2D eigenvalue weighted by molar-refractivity contribution is 7.99. The SMILES string of the molecule is COc1c(Cl)ncnc1Sc1ccc(C)c(C)c1. The van der Waals surface area contributed by atoms with Gasteiger partial charge in [-0.2, -0.15) is 0 Å². The summed E-state index contributed by atoms with van der Waals surface area (Å²) < 4.78 is 5.22. The number of rotatable bonds is 3. The average Bonchev–Trinajstić information content (AvgIpc) is 2.34. The van der Waals surface area contributed by atoms with Gasteiger partial charge >= 0.3 is 0 Å². The maximum Gasteiger partial charge on any atom is 0.188 e. The highest BCUT2D eigenvalue weighted by Gasteiger charge is 2.11. The Kier molecular flexibility index (Phi) is 4.09. The molecule has 0 saturated carbocycles. The molecule has 2 rings (SSSR count). The van der Waals surface area contributed by atoms with Gasteiger partial charge < -0.3 is 4.74 Å². The zero-order chi connectivity index (χ0) is 13.1. The van der Waals surface area contributed by atoms with Crippen LogP contribution in [0.4, 0.5) is 0 Å². The van der Waals surface area contributed by atoms with Gasteiger partial charge in [-0.05, 0) is 37.1 Å². The highest BCUT2D eigenvalue weighted by Crippen LogP contribution is 2.36. The molecule has 0 radical (unpaired) electrons. The fourth-order valence-corrected chi connectivity index (χ4v) is 2.70. The van der Waals surface area contributed by atoms with Crippen molar-refractivity contribution in [3.63, 3.8) is 0 Å². The highest BCUT2D eigenvalue weighted by atomic mass is 35.5. The summed E-state index contributed by atoms with van der Waals surface area (Å²) in [5.41, 5.74) is 2.52. The minimum absolute atomic E-state index is 0.332. The van der Waals surface area contributed by atoms with Crippen molar-refractivity contribution in [2.75, 3.05) is 7.11 Å². The lowest BCUT2D eigenvalue weighted by atomic mass is 10.1. The summed E-state index contributed by atoms with van der Waals surface area (Å²) in [4.78, 5) is 9.20. The second-order valence-electron chi connectivity index (χ2n) is 3.85. The van der Waals surface area contributed by atoms with Gasteiger partial charge in [0, 0.05) is 4.90 Å². The summed E-state index contributed by atoms with van der Waals surface area (Å²) in [5.74, 6) is 0.516. The maximum atomic E-state index is 5.96. The van der Waals surface area contributed by atoms with E-state index in [0.717, 1.165) is 9.92 Å². The van der Waals surface area contributed by atoms with Crippen molar-refractivity contribution >= 4 is 23.4 Å². The van der Waals surface area contributed by atoms with E-state index in [0.29, 0.717) is 10.9 Å². The van der Waals surface area contributed by atoms with Gasteiger partial charge in [0.25, 0.3) is 0 Å². The summed E-state index contributed by atoms with van der Waals surface area (Å²) in [5, 5.41) is 1.06. The van der Waals surface area contributed by atoms with E-state index in [1.807, 2.05) is 0 Å². The van der Waals surface area contributed by atoms with E-state index in [4.69, 9.17) is 16.3 Å². The second kappa shape index (κ2) is 5.59. The van der Waals surface area contributed by atoms with Crippen LogP contribution in [0, 0.1) is 13.8 Å². The number of methoxy groups -OCH3 is 1. The molecule has 0 aliphatic heterocycles. The predicted octanol–water partition coefficient (Wildman–Crippen LogP) is 3.91. The number of nitrogens with zero attached hydrogens (tertiary/aromatic N) is 2. The molecule has 0 aliphatic carbocycles. The molecular formula is C13H13ClN2OS. The van der Waals surface area contributed by atoms with Crippen LogP contribution in [0.25, 0.3) is 0 Å². The number of hydrogen-bond donors (Lipinski definition) is 0. The number of hydrogen-bond acceptors (Lipinski definition) is 4. The predicted molar refractivity (Wildman–Crippen MR) is 73.6 cm³/mol. The molecule has 2 aromatic rings. The Morgan fingerprint density at radius 1 is 1.17 bits per heavy atom. The van der Waals surface area contributed by atoms with Crippen LogP contribution in [0.5, 0.6) is 5.75 Å². The van der Waals surface area contributed by atoms with Gasteiger partial charge in [-0.1, -0.05) is 29.4 Å². The van der Waals surface area contributed by atoms with Gasteiger partial charge in [0.2, 0.25) is 0 Å². The number of aromatic nitrogens is 2. The largest absolute Gasteiger partial charge is 0.491 e. The van der Waals surface area contributed by atoms with E-state index in [9.17, 15) is 0 Å². The molecule has 1 aromatic carbocycles. The monoisotopic (exact) mass is 280 g/mol. The lowest BCUT2D eigenvalue weighted by Gasteiger charge is -2.08. The Morgan fingerprint density at radius 3 is 2.61 bits per heavy atom. The molecule has 1 heterocycles. The van der Waals surface area contributed by atoms with Crippen molar-refractivity contribution in [1.29, 1.82) is 0 Å². The van der Waals surface area contributed by atoms with Crippen molar-refractivity contribution in [2.45, 2.75) is 23.8 Å². The smallest absolute Gasteiger partial charge is 0.188 e. The normalized spacial score (nSPS) is 10.4. The van der Waals surface area contributed by atoms with Crippen LogP contribution in [-0.2, 0) is 0 Å². The first kappa shape index (κ1) is 13.2. The molecule has 0 fully saturated rings. The molecule has 0 N–H and O–H groups in total. The third kappa shape index (κ3) is 2.76. The van der Waals surface area contributed by atoms with E-state index in [1.165, 1.54) is 29.2 Å². The van der Waals surface area contributed by atoms with E-state index in [2.05, 4.69) is 42.0 Å². The van der Waals surface area contributed by atoms with Crippen LogP contribution < -0.4 is 4.74 Å². The summed E-state index contributed by atoms with van der Waals surface area (Å²) in [7, 11) is 1.56. The molecular weight excluding hydrogens is 268 g/mol. The van der Waals surface area contributed by atoms with Gasteiger partial charge in [-0.3, -0.25) is 0 Å². The summed E-state index contributed by atoms with van der Waals surface area (Å²) in [6.07, 6.45) is 1.44. The third-order valence-electron chi connectivity index (χ3n) is 2.62. The molecule has 0 saturated heterocycles. The first-order chi connectivity index (χ1) is 8.61. The topological polar surface area (TPSA) is 35.0 Å². The Hall–Kier alpha value is -1.26. The average molecular weight is 281 g/mol. The molecule has 0 aliphatic rings. The molecule has 1 aromatic heterocycles. The molecule has 0 atom stereocenters. The van der Waals surface area contributed by atoms with Crippen LogP contribution in [-0.4, -0.2) is 17.1 Å². The first-order valence-corrected chi connectivity index (χ1v) is 6.61. The van der Waals surface area contributed by atoms with Crippen molar-refractivity contribution in [3.8, 4) is 5.75 Å². The van der Waals surface area contributed by atoms with Crippen LogP contribution >= 0.6 is 23.4 Å². The number of ether oxygens (including phenoxy) is 1. The lowest BCUT2D eigenvalue weighted by molar-refractivity contribution is 0.398. The van der Waals surface area contributed by atoms with Gasteiger partial charge in [-0.15, -0.1) is 0 Å². The molecule has 94 valence electrons. The van der Waals surface area contributed by atoms with Crippen LogP contribution in [0.15, 0.2) is 34.4 Å². The fraction of sp³-hybridized carbons (Fsp3) is 0.231. The summed E-state index contributed by atoms with van der Waals surface area (Å²) in [6, 6.07) is 6.27. The quantitative estimate of drug-likeness (QED) is 0.799. The lowest BCUT2D eigenvalue weighted by Crippen LogP contribution is -1.93. The molecule has 0 amide bonds. The Bertz CT molecular complexity index is 575. The van der Waals surface area contributed by atoms with Gasteiger partial charge in [0.1, 0.15) is 11.4 Å². The minimum Gasteiger partial charge on any atom is -0.491 e. The summed E-state index contributed by atoms with van der Waals surface area (Å²) in [6.45, 7) is 4.18. The second-order valence-corrected chi connectivity index (χ2v) is 5.27. The Balaban J connectivity index is 2.34. The molecule has 18 heavy (non-hydrogen) atoms. The van der Waals surface area contributed by atoms with E-state index < -0.39 is 0 Å². The van der Waals surface area contributed by atoms with Crippen molar-refractivity contribution in [1.82, 2.24) is 9.97 Å². The molecule has 0 bridgehead atoms. The zero-order valence-corrected chi connectivity index (χ0v) is 12.0. The Labute approximate surface area is 116 Å².